The molecule has 0 aliphatic rings. The first-order valence-corrected chi connectivity index (χ1v) is 11.6. The van der Waals surface area contributed by atoms with Crippen LogP contribution >= 0.6 is 0 Å². The number of carbonyl (C=O) groups is 1. The molecule has 0 saturated carbocycles. The number of rotatable bonds is 9. The summed E-state index contributed by atoms with van der Waals surface area (Å²) in [5, 5.41) is 2.84. The summed E-state index contributed by atoms with van der Waals surface area (Å²) in [6.45, 7) is 6.07. The van der Waals surface area contributed by atoms with Crippen molar-refractivity contribution in [2.45, 2.75) is 46.1 Å². The van der Waals surface area contributed by atoms with E-state index in [0.29, 0.717) is 31.5 Å². The van der Waals surface area contributed by atoms with Gasteiger partial charge in [-0.05, 0) is 74.1 Å². The van der Waals surface area contributed by atoms with Crippen LogP contribution in [0, 0.1) is 19.7 Å². The van der Waals surface area contributed by atoms with Gasteiger partial charge in [-0.3, -0.25) is 9.10 Å². The van der Waals surface area contributed by atoms with Crippen molar-refractivity contribution >= 4 is 21.6 Å². The summed E-state index contributed by atoms with van der Waals surface area (Å²) in [4.78, 5) is 12.8. The Bertz CT molecular complexity index is 943. The van der Waals surface area contributed by atoms with Gasteiger partial charge in [0.25, 0.3) is 0 Å². The van der Waals surface area contributed by atoms with Crippen LogP contribution in [0.25, 0.3) is 0 Å². The zero-order chi connectivity index (χ0) is 21.6. The zero-order valence-corrected chi connectivity index (χ0v) is 18.2. The quantitative estimate of drug-likeness (QED) is 0.629. The molecule has 0 aromatic heterocycles. The van der Waals surface area contributed by atoms with E-state index in [0.717, 1.165) is 22.9 Å². The fourth-order valence-corrected chi connectivity index (χ4v) is 4.40. The molecule has 158 valence electrons. The van der Waals surface area contributed by atoms with Gasteiger partial charge in [-0.15, -0.1) is 0 Å². The van der Waals surface area contributed by atoms with Crippen LogP contribution in [-0.2, 0) is 21.2 Å². The third-order valence-corrected chi connectivity index (χ3v) is 6.11. The molecule has 0 fully saturated rings. The zero-order valence-electron chi connectivity index (χ0n) is 17.4. The Labute approximate surface area is 173 Å². The summed E-state index contributed by atoms with van der Waals surface area (Å²) in [6, 6.07) is 10.8. The number of nitrogens with zero attached hydrogens (tertiary/aromatic N) is 1. The number of hydrogen-bond donors (Lipinski definition) is 1. The number of aryl methyl sites for hydroxylation is 3. The van der Waals surface area contributed by atoms with Crippen LogP contribution in [0.2, 0.25) is 0 Å². The van der Waals surface area contributed by atoms with Crippen molar-refractivity contribution in [1.82, 2.24) is 5.32 Å². The molecule has 0 heterocycles. The highest BCUT2D eigenvalue weighted by Gasteiger charge is 2.31. The minimum Gasteiger partial charge on any atom is -0.354 e. The van der Waals surface area contributed by atoms with Gasteiger partial charge in [0.1, 0.15) is 11.9 Å². The van der Waals surface area contributed by atoms with E-state index < -0.39 is 16.1 Å². The smallest absolute Gasteiger partial charge is 0.243 e. The van der Waals surface area contributed by atoms with Crippen LogP contribution in [0.1, 0.15) is 36.5 Å². The second kappa shape index (κ2) is 9.87. The van der Waals surface area contributed by atoms with Gasteiger partial charge >= 0.3 is 0 Å². The highest BCUT2D eigenvalue weighted by atomic mass is 32.2. The molecule has 0 aliphatic heterocycles. The topological polar surface area (TPSA) is 66.5 Å². The van der Waals surface area contributed by atoms with Crippen LogP contribution in [-0.4, -0.2) is 33.2 Å². The number of carbonyl (C=O) groups excluding carboxylic acids is 1. The van der Waals surface area contributed by atoms with Crippen molar-refractivity contribution < 1.29 is 17.6 Å². The Morgan fingerprint density at radius 3 is 2.31 bits per heavy atom. The lowest BCUT2D eigenvalue weighted by Crippen LogP contribution is -2.49. The normalized spacial score (nSPS) is 12.4. The molecule has 1 amide bonds. The van der Waals surface area contributed by atoms with Crippen molar-refractivity contribution in [1.29, 1.82) is 0 Å². The summed E-state index contributed by atoms with van der Waals surface area (Å²) < 4.78 is 39.1. The van der Waals surface area contributed by atoms with Crippen molar-refractivity contribution in [3.8, 4) is 0 Å². The van der Waals surface area contributed by atoms with E-state index in [-0.39, 0.29) is 11.7 Å². The summed E-state index contributed by atoms with van der Waals surface area (Å²) in [6.07, 6.45) is 2.84. The average Bonchev–Trinajstić information content (AvgIpc) is 2.66. The van der Waals surface area contributed by atoms with E-state index in [1.54, 1.807) is 31.2 Å². The second-order valence-electron chi connectivity index (χ2n) is 7.27. The summed E-state index contributed by atoms with van der Waals surface area (Å²) in [5.41, 5.74) is 3.50. The number of benzene rings is 2. The van der Waals surface area contributed by atoms with E-state index in [1.807, 2.05) is 19.9 Å². The first-order chi connectivity index (χ1) is 13.6. The number of hydrogen-bond acceptors (Lipinski definition) is 3. The maximum atomic E-state index is 13.0. The van der Waals surface area contributed by atoms with E-state index in [2.05, 4.69) is 5.32 Å². The van der Waals surface area contributed by atoms with Gasteiger partial charge in [-0.1, -0.05) is 25.1 Å². The molecule has 2 aromatic carbocycles. The Morgan fingerprint density at radius 2 is 1.76 bits per heavy atom. The first kappa shape index (κ1) is 22.9. The average molecular weight is 421 g/mol. The molecule has 2 aromatic rings. The predicted octanol–water partition coefficient (Wildman–Crippen LogP) is 3.74. The third-order valence-electron chi connectivity index (χ3n) is 4.93. The van der Waals surface area contributed by atoms with Crippen molar-refractivity contribution in [3.05, 3.63) is 65.0 Å². The number of amides is 1. The summed E-state index contributed by atoms with van der Waals surface area (Å²) in [5.74, 6) is -0.602. The van der Waals surface area contributed by atoms with E-state index >= 15 is 0 Å². The Balaban J connectivity index is 2.07. The molecular formula is C22H29FN2O3S. The highest BCUT2D eigenvalue weighted by Crippen LogP contribution is 2.25. The van der Waals surface area contributed by atoms with Crippen LogP contribution in [0.5, 0.6) is 0 Å². The molecule has 5 nitrogen and oxygen atoms in total. The van der Waals surface area contributed by atoms with E-state index in [1.165, 1.54) is 16.4 Å². The van der Waals surface area contributed by atoms with Crippen LogP contribution in [0.15, 0.2) is 42.5 Å². The van der Waals surface area contributed by atoms with E-state index in [4.69, 9.17) is 0 Å². The highest BCUT2D eigenvalue weighted by molar-refractivity contribution is 7.92. The molecular weight excluding hydrogens is 391 g/mol. The molecule has 0 bridgehead atoms. The molecule has 29 heavy (non-hydrogen) atoms. The number of nitrogens with one attached hydrogen (secondary N) is 1. The van der Waals surface area contributed by atoms with Gasteiger partial charge in [-0.2, -0.15) is 0 Å². The van der Waals surface area contributed by atoms with Crippen LogP contribution in [0.4, 0.5) is 10.1 Å². The fraction of sp³-hybridized carbons (Fsp3) is 0.409. The maximum Gasteiger partial charge on any atom is 0.243 e. The van der Waals surface area contributed by atoms with E-state index in [9.17, 15) is 17.6 Å². The lowest BCUT2D eigenvalue weighted by atomic mass is 10.1. The number of anilines is 1. The van der Waals surface area contributed by atoms with Gasteiger partial charge in [0, 0.05) is 6.54 Å². The molecule has 0 unspecified atom stereocenters. The minimum absolute atomic E-state index is 0.278. The monoisotopic (exact) mass is 420 g/mol. The van der Waals surface area contributed by atoms with Gasteiger partial charge in [0.15, 0.2) is 0 Å². The predicted molar refractivity (Wildman–Crippen MR) is 115 cm³/mol. The summed E-state index contributed by atoms with van der Waals surface area (Å²) in [7, 11) is -3.64. The molecule has 2 rings (SSSR count). The molecule has 1 atom stereocenters. The van der Waals surface area contributed by atoms with Crippen molar-refractivity contribution in [2.75, 3.05) is 17.1 Å². The minimum atomic E-state index is -3.64. The SMILES string of the molecule is CC[C@H](C(=O)NCCCc1ccc(F)cc1)N(c1ccc(C)c(C)c1)S(C)(=O)=O. The standard InChI is InChI=1S/C22H29FN2O3S/c1-5-21(22(26)24-14-6-7-18-9-11-19(23)12-10-18)25(29(4,27)28)20-13-8-16(2)17(3)15-20/h8-13,15,21H,5-7,14H2,1-4H3,(H,24,26)/t21-/m1/s1. The molecule has 0 aliphatic carbocycles. The fourth-order valence-electron chi connectivity index (χ4n) is 3.20. The molecule has 7 heteroatoms. The lowest BCUT2D eigenvalue weighted by molar-refractivity contribution is -0.122. The molecule has 0 spiro atoms. The number of sulfonamides is 1. The van der Waals surface area contributed by atoms with Crippen molar-refractivity contribution in [2.24, 2.45) is 0 Å². The number of halogens is 1. The van der Waals surface area contributed by atoms with Gasteiger partial charge in [0.2, 0.25) is 15.9 Å². The second-order valence-corrected chi connectivity index (χ2v) is 9.13. The van der Waals surface area contributed by atoms with Crippen molar-refractivity contribution in [3.63, 3.8) is 0 Å². The Kier molecular flexibility index (Phi) is 7.79. The Morgan fingerprint density at radius 1 is 1.10 bits per heavy atom. The maximum absolute atomic E-state index is 13.0. The summed E-state index contributed by atoms with van der Waals surface area (Å²) >= 11 is 0. The molecule has 0 saturated heterocycles. The largest absolute Gasteiger partial charge is 0.354 e. The van der Waals surface area contributed by atoms with Gasteiger partial charge < -0.3 is 5.32 Å². The van der Waals surface area contributed by atoms with Gasteiger partial charge in [-0.25, -0.2) is 12.8 Å². The van der Waals surface area contributed by atoms with Crippen LogP contribution < -0.4 is 9.62 Å². The molecule has 0 radical (unpaired) electrons. The molecule has 1 N–H and O–H groups in total. The lowest BCUT2D eigenvalue weighted by Gasteiger charge is -2.30. The van der Waals surface area contributed by atoms with Gasteiger partial charge in [0.05, 0.1) is 11.9 Å². The third kappa shape index (κ3) is 6.29. The Hall–Kier alpha value is -2.41. The van der Waals surface area contributed by atoms with Crippen LogP contribution in [0.3, 0.4) is 0 Å². The first-order valence-electron chi connectivity index (χ1n) is 9.72.